The number of rotatable bonds is 7. The number of hydrogen-bond donors (Lipinski definition) is 1. The van der Waals surface area contributed by atoms with Gasteiger partial charge in [-0.1, -0.05) is 13.5 Å². The molecular formula is C31H42O13. The molecule has 13 nitrogen and oxygen atoms in total. The Hall–Kier alpha value is -3.48. The lowest BCUT2D eigenvalue weighted by molar-refractivity contribution is -0.249. The fourth-order valence-electron chi connectivity index (χ4n) is 8.99. The molecule has 0 aromatic heterocycles. The van der Waals surface area contributed by atoms with Crippen LogP contribution in [0, 0.1) is 23.2 Å². The largest absolute Gasteiger partial charge is 0.461 e. The summed E-state index contributed by atoms with van der Waals surface area (Å²) in [5.41, 5.74) is -7.21. The summed E-state index contributed by atoms with van der Waals surface area (Å²) in [5.74, 6) is -7.59. The van der Waals surface area contributed by atoms with Gasteiger partial charge in [0.15, 0.2) is 29.5 Å². The highest BCUT2D eigenvalue weighted by Gasteiger charge is 2.85. The Kier molecular flexibility index (Phi) is 8.47. The van der Waals surface area contributed by atoms with Gasteiger partial charge in [0.05, 0.1) is 17.4 Å². The van der Waals surface area contributed by atoms with Crippen LogP contribution in [0.25, 0.3) is 0 Å². The van der Waals surface area contributed by atoms with E-state index in [0.717, 1.165) is 13.8 Å². The standard InChI is InChI=1S/C31H42O13/c1-10-22(36)42-25-26(40-16(5)33)31(14(2)3)21(13-23(37)44-31)28(8,38)20-12-11-19-24(39-15(4)32)30(20,25)27(41-17(6)34)29(19,9)43-18(7)35/h19-21,24-27,38H,2,10-13H2,1,3-9H3/t19-,20+,21+,24-,25-,26-,27+,28-,29+,30+,31+/m1/s1. The molecule has 1 N–H and O–H groups in total. The first-order chi connectivity index (χ1) is 20.3. The van der Waals surface area contributed by atoms with Crippen molar-refractivity contribution in [3.05, 3.63) is 12.2 Å². The van der Waals surface area contributed by atoms with Gasteiger partial charge in [0.2, 0.25) is 0 Å². The van der Waals surface area contributed by atoms with Crippen molar-refractivity contribution >= 4 is 35.8 Å². The molecule has 3 aliphatic carbocycles. The van der Waals surface area contributed by atoms with Gasteiger partial charge in [0.25, 0.3) is 0 Å². The summed E-state index contributed by atoms with van der Waals surface area (Å²) in [6, 6.07) is 0. The van der Waals surface area contributed by atoms with E-state index in [1.54, 1.807) is 0 Å². The van der Waals surface area contributed by atoms with Crippen LogP contribution in [0.5, 0.6) is 0 Å². The molecule has 13 heteroatoms. The Morgan fingerprint density at radius 1 is 0.841 bits per heavy atom. The van der Waals surface area contributed by atoms with Crippen LogP contribution in [0.2, 0.25) is 0 Å². The number of carbonyl (C=O) groups is 6. The smallest absolute Gasteiger partial charge is 0.307 e. The van der Waals surface area contributed by atoms with Crippen LogP contribution in [-0.2, 0) is 57.2 Å². The van der Waals surface area contributed by atoms with E-state index < -0.39 is 100 Å². The lowest BCUT2D eigenvalue weighted by Gasteiger charge is -2.54. The lowest BCUT2D eigenvalue weighted by Crippen LogP contribution is -2.67. The number of esters is 6. The third-order valence-electron chi connectivity index (χ3n) is 10.2. The van der Waals surface area contributed by atoms with Gasteiger partial charge in [-0.2, -0.15) is 0 Å². The minimum absolute atomic E-state index is 0.148. The summed E-state index contributed by atoms with van der Waals surface area (Å²) in [5, 5.41) is 12.7. The van der Waals surface area contributed by atoms with Crippen molar-refractivity contribution in [2.75, 3.05) is 0 Å². The Labute approximate surface area is 255 Å². The third-order valence-corrected chi connectivity index (χ3v) is 10.2. The SMILES string of the molecule is C=C(C)[C@]12OC(=O)C[C@H]1[C@](C)(O)[C@@H]1CC[C@@H]3[C@@H](OC(C)=O)[C@@]1([C@H](OC(=O)CC)[C@H]2OC(C)=O)[C@@H](OC(C)=O)[C@@]3(C)OC(C)=O. The topological polar surface area (TPSA) is 178 Å². The Morgan fingerprint density at radius 3 is 1.91 bits per heavy atom. The molecular weight excluding hydrogens is 580 g/mol. The number of hydrogen-bond acceptors (Lipinski definition) is 13. The zero-order valence-electron chi connectivity index (χ0n) is 26.4. The summed E-state index contributed by atoms with van der Waals surface area (Å²) in [6.45, 7) is 14.8. The molecule has 0 amide bonds. The first-order valence-corrected chi connectivity index (χ1v) is 14.8. The molecule has 0 unspecified atom stereocenters. The number of fused-ring (bicyclic) bond motifs is 2. The van der Waals surface area contributed by atoms with Gasteiger partial charge in [-0.15, -0.1) is 0 Å². The highest BCUT2D eigenvalue weighted by atomic mass is 16.6. The zero-order valence-corrected chi connectivity index (χ0v) is 26.4. The first kappa shape index (κ1) is 33.4. The molecule has 0 aromatic rings. The predicted molar refractivity (Wildman–Crippen MR) is 148 cm³/mol. The number of ether oxygens (including phenoxy) is 6. The van der Waals surface area contributed by atoms with Crippen molar-refractivity contribution in [2.45, 2.75) is 122 Å². The van der Waals surface area contributed by atoms with Crippen molar-refractivity contribution in [3.63, 3.8) is 0 Å². The fraction of sp³-hybridized carbons (Fsp3) is 0.742. The summed E-state index contributed by atoms with van der Waals surface area (Å²) in [6.07, 6.45) is -6.24. The molecule has 1 aliphatic heterocycles. The van der Waals surface area contributed by atoms with Gasteiger partial charge < -0.3 is 33.5 Å². The van der Waals surface area contributed by atoms with Crippen molar-refractivity contribution in [2.24, 2.45) is 23.2 Å². The Bertz CT molecular complexity index is 1290. The molecule has 11 atom stereocenters. The molecule has 4 fully saturated rings. The molecule has 1 heterocycles. The van der Waals surface area contributed by atoms with Crippen LogP contribution >= 0.6 is 0 Å². The number of aliphatic hydroxyl groups is 1. The van der Waals surface area contributed by atoms with Gasteiger partial charge >= 0.3 is 35.8 Å². The van der Waals surface area contributed by atoms with Gasteiger partial charge in [-0.05, 0) is 39.2 Å². The van der Waals surface area contributed by atoms with Gasteiger partial charge in [0, 0.05) is 51.9 Å². The molecule has 3 saturated carbocycles. The first-order valence-electron chi connectivity index (χ1n) is 14.8. The van der Waals surface area contributed by atoms with Crippen molar-refractivity contribution in [1.82, 2.24) is 0 Å². The van der Waals surface area contributed by atoms with Gasteiger partial charge in [-0.25, -0.2) is 0 Å². The van der Waals surface area contributed by atoms with Crippen LogP contribution in [0.15, 0.2) is 12.2 Å². The average Bonchev–Trinajstić information content (AvgIpc) is 3.28. The van der Waals surface area contributed by atoms with Crippen molar-refractivity contribution < 1.29 is 62.3 Å². The maximum atomic E-state index is 13.3. The minimum atomic E-state index is -1.92. The molecule has 1 spiro atoms. The molecule has 2 bridgehead atoms. The molecule has 0 aromatic carbocycles. The van der Waals surface area contributed by atoms with E-state index in [4.69, 9.17) is 28.4 Å². The molecule has 244 valence electrons. The molecule has 4 rings (SSSR count). The van der Waals surface area contributed by atoms with E-state index in [0.29, 0.717) is 0 Å². The second-order valence-electron chi connectivity index (χ2n) is 12.9. The molecule has 4 aliphatic rings. The van der Waals surface area contributed by atoms with Crippen LogP contribution in [0.4, 0.5) is 0 Å². The summed E-state index contributed by atoms with van der Waals surface area (Å²) >= 11 is 0. The zero-order chi connectivity index (χ0) is 33.2. The molecule has 1 saturated heterocycles. The van der Waals surface area contributed by atoms with Crippen molar-refractivity contribution in [1.29, 1.82) is 0 Å². The van der Waals surface area contributed by atoms with E-state index in [1.165, 1.54) is 41.5 Å². The van der Waals surface area contributed by atoms with E-state index in [2.05, 4.69) is 6.58 Å². The van der Waals surface area contributed by atoms with E-state index in [-0.39, 0.29) is 31.3 Å². The Morgan fingerprint density at radius 2 is 1.41 bits per heavy atom. The lowest BCUT2D eigenvalue weighted by atomic mass is 9.55. The van der Waals surface area contributed by atoms with Crippen LogP contribution in [-0.4, -0.2) is 82.1 Å². The summed E-state index contributed by atoms with van der Waals surface area (Å²) < 4.78 is 36.1. The number of carbonyl (C=O) groups excluding carboxylic acids is 6. The van der Waals surface area contributed by atoms with Crippen molar-refractivity contribution in [3.8, 4) is 0 Å². The van der Waals surface area contributed by atoms with Crippen LogP contribution < -0.4 is 0 Å². The maximum absolute atomic E-state index is 13.3. The fourth-order valence-corrected chi connectivity index (χ4v) is 8.99. The minimum Gasteiger partial charge on any atom is -0.461 e. The molecule has 0 radical (unpaired) electrons. The van der Waals surface area contributed by atoms with Gasteiger partial charge in [-0.3, -0.25) is 28.8 Å². The van der Waals surface area contributed by atoms with E-state index >= 15 is 0 Å². The second kappa shape index (κ2) is 11.1. The van der Waals surface area contributed by atoms with Gasteiger partial charge in [0.1, 0.15) is 6.10 Å². The summed E-state index contributed by atoms with van der Waals surface area (Å²) in [4.78, 5) is 77.5. The average molecular weight is 623 g/mol. The normalized spacial score (nSPS) is 42.0. The summed E-state index contributed by atoms with van der Waals surface area (Å²) in [7, 11) is 0. The highest BCUT2D eigenvalue weighted by Crippen LogP contribution is 2.71. The second-order valence-corrected chi connectivity index (χ2v) is 12.9. The quantitative estimate of drug-likeness (QED) is 0.248. The van der Waals surface area contributed by atoms with E-state index in [1.807, 2.05) is 0 Å². The van der Waals surface area contributed by atoms with E-state index in [9.17, 15) is 33.9 Å². The van der Waals surface area contributed by atoms with Crippen LogP contribution in [0.1, 0.15) is 81.1 Å². The Balaban J connectivity index is 2.23. The maximum Gasteiger partial charge on any atom is 0.307 e. The third kappa shape index (κ3) is 4.69. The van der Waals surface area contributed by atoms with Crippen LogP contribution in [0.3, 0.4) is 0 Å². The molecule has 44 heavy (non-hydrogen) atoms. The highest BCUT2D eigenvalue weighted by molar-refractivity contribution is 5.76. The predicted octanol–water partition coefficient (Wildman–Crippen LogP) is 2.09. The monoisotopic (exact) mass is 622 g/mol.